The van der Waals surface area contributed by atoms with Crippen molar-refractivity contribution in [3.05, 3.63) is 40.6 Å². The molecular formula is C16H13Cl2N3O3. The van der Waals surface area contributed by atoms with Gasteiger partial charge in [-0.3, -0.25) is 0 Å². The first-order chi connectivity index (χ1) is 11.5. The van der Waals surface area contributed by atoms with Gasteiger partial charge in [0, 0.05) is 17.1 Å². The van der Waals surface area contributed by atoms with Crippen LogP contribution in [-0.4, -0.2) is 29.3 Å². The normalized spacial score (nSPS) is 10.7. The van der Waals surface area contributed by atoms with E-state index in [2.05, 4.69) is 15.3 Å². The molecule has 0 aliphatic rings. The van der Waals surface area contributed by atoms with Gasteiger partial charge in [0.2, 0.25) is 0 Å². The number of ether oxygens (including phenoxy) is 2. The fourth-order valence-corrected chi connectivity index (χ4v) is 2.74. The first-order valence-electron chi connectivity index (χ1n) is 6.85. The van der Waals surface area contributed by atoms with Crippen molar-refractivity contribution in [2.75, 3.05) is 19.5 Å². The van der Waals surface area contributed by atoms with Crippen LogP contribution in [0, 0.1) is 0 Å². The summed E-state index contributed by atoms with van der Waals surface area (Å²) in [6.07, 6.45) is 1.43. The molecule has 3 aromatic rings. The van der Waals surface area contributed by atoms with Crippen LogP contribution in [0.1, 0.15) is 0 Å². The number of methoxy groups -OCH3 is 2. The molecule has 0 amide bonds. The lowest BCUT2D eigenvalue weighted by Crippen LogP contribution is -1.98. The number of hydrogen-bond acceptors (Lipinski definition) is 6. The van der Waals surface area contributed by atoms with Gasteiger partial charge in [0.05, 0.1) is 29.8 Å². The van der Waals surface area contributed by atoms with Gasteiger partial charge in [-0.25, -0.2) is 9.97 Å². The summed E-state index contributed by atoms with van der Waals surface area (Å²) < 4.78 is 10.6. The number of aromatic nitrogens is 2. The van der Waals surface area contributed by atoms with E-state index < -0.39 is 0 Å². The van der Waals surface area contributed by atoms with Gasteiger partial charge in [-0.2, -0.15) is 0 Å². The van der Waals surface area contributed by atoms with Crippen molar-refractivity contribution in [2.24, 2.45) is 0 Å². The van der Waals surface area contributed by atoms with Crippen LogP contribution in [-0.2, 0) is 0 Å². The molecule has 0 radical (unpaired) electrons. The third kappa shape index (κ3) is 2.98. The summed E-state index contributed by atoms with van der Waals surface area (Å²) in [5, 5.41) is 13.8. The Labute approximate surface area is 148 Å². The van der Waals surface area contributed by atoms with Crippen LogP contribution >= 0.6 is 23.2 Å². The first-order valence-corrected chi connectivity index (χ1v) is 7.61. The summed E-state index contributed by atoms with van der Waals surface area (Å²) >= 11 is 11.9. The zero-order chi connectivity index (χ0) is 17.3. The number of nitrogens with one attached hydrogen (secondary N) is 1. The lowest BCUT2D eigenvalue weighted by molar-refractivity contribution is 0.356. The van der Waals surface area contributed by atoms with Crippen molar-refractivity contribution in [3.63, 3.8) is 0 Å². The Balaban J connectivity index is 2.09. The van der Waals surface area contributed by atoms with Gasteiger partial charge < -0.3 is 19.9 Å². The lowest BCUT2D eigenvalue weighted by atomic mass is 10.2. The predicted octanol–water partition coefficient (Wildman–Crippen LogP) is 4.40. The Morgan fingerprint density at radius 3 is 2.21 bits per heavy atom. The molecule has 1 heterocycles. The summed E-state index contributed by atoms with van der Waals surface area (Å²) in [5.74, 6) is 1.51. The maximum atomic E-state index is 9.65. The number of phenols is 1. The standard InChI is InChI=1S/C16H13Cl2N3O3/c1-23-13-5-9-12(6-14(13)24-2)19-7-20-16(9)21-8-3-10(17)15(22)11(18)4-8/h3-7,22H,1-2H3,(H,19,20,21). The second-order valence-corrected chi connectivity index (χ2v) is 5.67. The molecular weight excluding hydrogens is 353 g/mol. The van der Waals surface area contributed by atoms with Gasteiger partial charge in [-0.05, 0) is 18.2 Å². The van der Waals surface area contributed by atoms with Gasteiger partial charge in [0.1, 0.15) is 12.1 Å². The molecule has 0 fully saturated rings. The number of fused-ring (bicyclic) bond motifs is 1. The van der Waals surface area contributed by atoms with E-state index in [9.17, 15) is 5.11 Å². The van der Waals surface area contributed by atoms with Gasteiger partial charge in [0.25, 0.3) is 0 Å². The first kappa shape index (κ1) is 16.4. The van der Waals surface area contributed by atoms with Gasteiger partial charge in [0.15, 0.2) is 17.2 Å². The Kier molecular flexibility index (Phi) is 4.51. The Morgan fingerprint density at radius 2 is 1.58 bits per heavy atom. The Hall–Kier alpha value is -2.44. The van der Waals surface area contributed by atoms with E-state index in [0.29, 0.717) is 28.5 Å². The van der Waals surface area contributed by atoms with E-state index in [0.717, 1.165) is 5.39 Å². The molecule has 24 heavy (non-hydrogen) atoms. The van der Waals surface area contributed by atoms with Crippen LogP contribution in [0.4, 0.5) is 11.5 Å². The third-order valence-electron chi connectivity index (χ3n) is 3.42. The number of hydrogen-bond donors (Lipinski definition) is 2. The monoisotopic (exact) mass is 365 g/mol. The van der Waals surface area contributed by atoms with Crippen molar-refractivity contribution >= 4 is 45.6 Å². The summed E-state index contributed by atoms with van der Waals surface area (Å²) in [7, 11) is 3.12. The van der Waals surface area contributed by atoms with Crippen LogP contribution in [0.3, 0.4) is 0 Å². The molecule has 0 bridgehead atoms. The molecule has 124 valence electrons. The summed E-state index contributed by atoms with van der Waals surface area (Å²) in [5.41, 5.74) is 1.26. The molecule has 0 aliphatic heterocycles. The minimum atomic E-state index is -0.164. The third-order valence-corrected chi connectivity index (χ3v) is 4.00. The molecule has 0 unspecified atom stereocenters. The second kappa shape index (κ2) is 6.59. The highest BCUT2D eigenvalue weighted by molar-refractivity contribution is 6.37. The molecule has 0 saturated heterocycles. The summed E-state index contributed by atoms with van der Waals surface area (Å²) in [4.78, 5) is 8.49. The molecule has 0 saturated carbocycles. The maximum Gasteiger partial charge on any atom is 0.162 e. The van der Waals surface area contributed by atoms with E-state index in [1.54, 1.807) is 38.5 Å². The number of rotatable bonds is 4. The quantitative estimate of drug-likeness (QED) is 0.667. The van der Waals surface area contributed by atoms with Gasteiger partial charge in [-0.15, -0.1) is 0 Å². The van der Waals surface area contributed by atoms with Gasteiger partial charge >= 0.3 is 0 Å². The number of aromatic hydroxyl groups is 1. The van der Waals surface area contributed by atoms with Gasteiger partial charge in [-0.1, -0.05) is 23.2 Å². The minimum Gasteiger partial charge on any atom is -0.505 e. The van der Waals surface area contributed by atoms with E-state index in [1.807, 2.05) is 0 Å². The van der Waals surface area contributed by atoms with E-state index in [1.165, 1.54) is 6.33 Å². The fourth-order valence-electron chi connectivity index (χ4n) is 2.26. The number of benzene rings is 2. The van der Waals surface area contributed by atoms with Crippen LogP contribution in [0.15, 0.2) is 30.6 Å². The molecule has 0 aliphatic carbocycles. The average Bonchev–Trinajstić information content (AvgIpc) is 2.58. The van der Waals surface area contributed by atoms with E-state index >= 15 is 0 Å². The van der Waals surface area contributed by atoms with E-state index in [-0.39, 0.29) is 15.8 Å². The zero-order valence-corrected chi connectivity index (χ0v) is 14.3. The predicted molar refractivity (Wildman–Crippen MR) is 94.1 cm³/mol. The lowest BCUT2D eigenvalue weighted by Gasteiger charge is -2.12. The van der Waals surface area contributed by atoms with Crippen LogP contribution in [0.2, 0.25) is 10.0 Å². The van der Waals surface area contributed by atoms with Crippen molar-refractivity contribution in [1.29, 1.82) is 0 Å². The number of nitrogens with zero attached hydrogens (tertiary/aromatic N) is 2. The Morgan fingerprint density at radius 1 is 0.958 bits per heavy atom. The maximum absolute atomic E-state index is 9.65. The largest absolute Gasteiger partial charge is 0.505 e. The van der Waals surface area contributed by atoms with Crippen LogP contribution in [0.5, 0.6) is 17.2 Å². The highest BCUT2D eigenvalue weighted by Crippen LogP contribution is 2.37. The highest BCUT2D eigenvalue weighted by atomic mass is 35.5. The van der Waals surface area contributed by atoms with Crippen LogP contribution in [0.25, 0.3) is 10.9 Å². The minimum absolute atomic E-state index is 0.141. The summed E-state index contributed by atoms with van der Waals surface area (Å²) in [6, 6.07) is 6.65. The number of phenolic OH excluding ortho intramolecular Hbond substituents is 1. The van der Waals surface area contributed by atoms with Crippen LogP contribution < -0.4 is 14.8 Å². The smallest absolute Gasteiger partial charge is 0.162 e. The topological polar surface area (TPSA) is 76.5 Å². The molecule has 8 heteroatoms. The number of halogens is 2. The molecule has 3 rings (SSSR count). The average molecular weight is 366 g/mol. The van der Waals surface area contributed by atoms with Crippen molar-refractivity contribution < 1.29 is 14.6 Å². The molecule has 0 spiro atoms. The summed E-state index contributed by atoms with van der Waals surface area (Å²) in [6.45, 7) is 0. The molecule has 0 atom stereocenters. The molecule has 1 aromatic heterocycles. The Bertz CT molecular complexity index is 895. The second-order valence-electron chi connectivity index (χ2n) is 4.86. The van der Waals surface area contributed by atoms with Crippen molar-refractivity contribution in [2.45, 2.75) is 0 Å². The van der Waals surface area contributed by atoms with Crippen molar-refractivity contribution in [1.82, 2.24) is 9.97 Å². The number of anilines is 2. The molecule has 6 nitrogen and oxygen atoms in total. The highest BCUT2D eigenvalue weighted by Gasteiger charge is 2.12. The van der Waals surface area contributed by atoms with Crippen molar-refractivity contribution in [3.8, 4) is 17.2 Å². The SMILES string of the molecule is COc1cc2ncnc(Nc3cc(Cl)c(O)c(Cl)c3)c2cc1OC. The molecule has 2 aromatic carbocycles. The zero-order valence-electron chi connectivity index (χ0n) is 12.8. The fraction of sp³-hybridized carbons (Fsp3) is 0.125. The van der Waals surface area contributed by atoms with E-state index in [4.69, 9.17) is 32.7 Å². The molecule has 2 N–H and O–H groups in total.